The highest BCUT2D eigenvalue weighted by molar-refractivity contribution is 6.30. The third kappa shape index (κ3) is 4.56. The normalized spacial score (nSPS) is 28.3. The van der Waals surface area contributed by atoms with Crippen LogP contribution in [-0.2, 0) is 9.59 Å². The molecule has 1 N–H and O–H groups in total. The third-order valence-corrected chi connectivity index (χ3v) is 7.54. The van der Waals surface area contributed by atoms with Gasteiger partial charge in [0.1, 0.15) is 6.17 Å². The number of piperidine rings is 1. The zero-order valence-electron chi connectivity index (χ0n) is 18.1. The van der Waals surface area contributed by atoms with Crippen LogP contribution in [0.5, 0.6) is 0 Å². The lowest BCUT2D eigenvalue weighted by molar-refractivity contribution is -0.145. The minimum absolute atomic E-state index is 0.0110. The van der Waals surface area contributed by atoms with Crippen molar-refractivity contribution in [3.63, 3.8) is 0 Å². The number of alkyl halides is 1. The van der Waals surface area contributed by atoms with Crippen molar-refractivity contribution in [3.8, 4) is 0 Å². The number of hydrogen-bond donors (Lipinski definition) is 1. The summed E-state index contributed by atoms with van der Waals surface area (Å²) in [6.07, 6.45) is -0.0905. The Hall–Kier alpha value is -2.35. The molecule has 174 valence electrons. The molecule has 2 heterocycles. The molecule has 1 aromatic rings. The molecular formula is C23H29ClFN3O4. The minimum Gasteiger partial charge on any atom is -0.465 e. The Bertz CT molecular complexity index is 868. The fourth-order valence-electron chi connectivity index (χ4n) is 5.15. The second-order valence-corrected chi connectivity index (χ2v) is 9.66. The second-order valence-electron chi connectivity index (χ2n) is 9.23. The van der Waals surface area contributed by atoms with Crippen LogP contribution in [0.15, 0.2) is 24.3 Å². The van der Waals surface area contributed by atoms with Gasteiger partial charge in [-0.05, 0) is 43.4 Å². The molecule has 1 aliphatic carbocycles. The fourth-order valence-corrected chi connectivity index (χ4v) is 5.28. The average Bonchev–Trinajstić information content (AvgIpc) is 3.21. The van der Waals surface area contributed by atoms with Gasteiger partial charge in [0.25, 0.3) is 0 Å². The number of likely N-dealkylation sites (tertiary alicyclic amines) is 2. The summed E-state index contributed by atoms with van der Waals surface area (Å²) < 4.78 is 13.1. The van der Waals surface area contributed by atoms with E-state index in [4.69, 9.17) is 11.6 Å². The number of likely N-dealkylation sites (N-methyl/N-ethyl adjacent to an activating group) is 1. The van der Waals surface area contributed by atoms with Crippen LogP contribution in [0.4, 0.5) is 9.18 Å². The molecule has 32 heavy (non-hydrogen) atoms. The molecule has 3 amide bonds. The summed E-state index contributed by atoms with van der Waals surface area (Å²) in [5.74, 6) is -0.495. The van der Waals surface area contributed by atoms with Gasteiger partial charge < -0.3 is 19.8 Å². The van der Waals surface area contributed by atoms with Crippen molar-refractivity contribution in [2.75, 3.05) is 33.2 Å². The van der Waals surface area contributed by atoms with Gasteiger partial charge in [-0.25, -0.2) is 9.18 Å². The van der Waals surface area contributed by atoms with Crippen molar-refractivity contribution in [2.24, 2.45) is 11.8 Å². The fraction of sp³-hybridized carbons (Fsp3) is 0.609. The number of benzene rings is 1. The largest absolute Gasteiger partial charge is 0.465 e. The molecule has 0 unspecified atom stereocenters. The Kier molecular flexibility index (Phi) is 6.60. The first kappa shape index (κ1) is 22.8. The Morgan fingerprint density at radius 1 is 1.00 bits per heavy atom. The van der Waals surface area contributed by atoms with Gasteiger partial charge in [0.05, 0.1) is 6.04 Å². The highest BCUT2D eigenvalue weighted by Crippen LogP contribution is 2.35. The van der Waals surface area contributed by atoms with Gasteiger partial charge in [-0.2, -0.15) is 0 Å². The van der Waals surface area contributed by atoms with Gasteiger partial charge in [0.2, 0.25) is 11.8 Å². The highest BCUT2D eigenvalue weighted by atomic mass is 35.5. The Morgan fingerprint density at radius 2 is 1.59 bits per heavy atom. The van der Waals surface area contributed by atoms with Gasteiger partial charge >= 0.3 is 6.09 Å². The first-order chi connectivity index (χ1) is 15.2. The second kappa shape index (κ2) is 9.25. The van der Waals surface area contributed by atoms with Crippen LogP contribution in [0.2, 0.25) is 5.02 Å². The van der Waals surface area contributed by atoms with Gasteiger partial charge in [-0.3, -0.25) is 9.59 Å². The van der Waals surface area contributed by atoms with Crippen molar-refractivity contribution in [1.82, 2.24) is 14.7 Å². The van der Waals surface area contributed by atoms with E-state index in [-0.39, 0.29) is 35.6 Å². The maximum Gasteiger partial charge on any atom is 0.407 e. The van der Waals surface area contributed by atoms with E-state index in [1.54, 1.807) is 21.9 Å². The van der Waals surface area contributed by atoms with Gasteiger partial charge in [0.15, 0.2) is 0 Å². The summed E-state index contributed by atoms with van der Waals surface area (Å²) in [5.41, 5.74) is 0.954. The monoisotopic (exact) mass is 465 g/mol. The molecule has 4 rings (SSSR count). The van der Waals surface area contributed by atoms with Gasteiger partial charge in [-0.1, -0.05) is 23.7 Å². The van der Waals surface area contributed by atoms with E-state index >= 15 is 0 Å². The van der Waals surface area contributed by atoms with Crippen molar-refractivity contribution in [1.29, 1.82) is 0 Å². The van der Waals surface area contributed by atoms with Crippen molar-refractivity contribution < 1.29 is 23.9 Å². The van der Waals surface area contributed by atoms with E-state index in [9.17, 15) is 23.9 Å². The van der Waals surface area contributed by atoms with E-state index in [2.05, 4.69) is 0 Å². The predicted molar refractivity (Wildman–Crippen MR) is 117 cm³/mol. The lowest BCUT2D eigenvalue weighted by Crippen LogP contribution is -2.48. The van der Waals surface area contributed by atoms with E-state index in [1.807, 2.05) is 12.1 Å². The van der Waals surface area contributed by atoms with E-state index in [0.29, 0.717) is 56.9 Å². The molecule has 0 spiro atoms. The summed E-state index contributed by atoms with van der Waals surface area (Å²) in [6, 6.07) is 6.98. The Balaban J connectivity index is 1.39. The first-order valence-electron chi connectivity index (χ1n) is 11.2. The zero-order chi connectivity index (χ0) is 23.0. The number of amides is 3. The maximum absolute atomic E-state index is 13.3. The van der Waals surface area contributed by atoms with Gasteiger partial charge in [-0.15, -0.1) is 0 Å². The lowest BCUT2D eigenvalue weighted by atomic mass is 9.82. The van der Waals surface area contributed by atoms with Crippen LogP contribution in [0, 0.1) is 11.8 Å². The SMILES string of the molecule is CN(C(=O)O)[C@@H]1CN(C(=O)C2CCN(C(=O)C3CC(F)C3)CC2)C[C@H]1c1ccc(Cl)cc1. The molecular weight excluding hydrogens is 437 g/mol. The topological polar surface area (TPSA) is 81.2 Å². The number of hydrogen-bond acceptors (Lipinski definition) is 3. The highest BCUT2D eigenvalue weighted by Gasteiger charge is 2.43. The van der Waals surface area contributed by atoms with Crippen LogP contribution in [0.1, 0.15) is 37.2 Å². The smallest absolute Gasteiger partial charge is 0.407 e. The molecule has 2 atom stereocenters. The summed E-state index contributed by atoms with van der Waals surface area (Å²) in [6.45, 7) is 1.81. The Morgan fingerprint density at radius 3 is 2.16 bits per heavy atom. The molecule has 1 saturated carbocycles. The number of carbonyl (C=O) groups is 3. The van der Waals surface area contributed by atoms with Crippen LogP contribution in [-0.4, -0.2) is 83.2 Å². The average molecular weight is 466 g/mol. The molecule has 2 saturated heterocycles. The third-order valence-electron chi connectivity index (χ3n) is 7.28. The van der Waals surface area contributed by atoms with E-state index < -0.39 is 12.3 Å². The number of carbonyl (C=O) groups excluding carboxylic acids is 2. The molecule has 7 nitrogen and oxygen atoms in total. The van der Waals surface area contributed by atoms with Crippen LogP contribution in [0.25, 0.3) is 0 Å². The predicted octanol–water partition coefficient (Wildman–Crippen LogP) is 3.23. The molecule has 0 aromatic heterocycles. The number of rotatable bonds is 4. The molecule has 0 bridgehead atoms. The van der Waals surface area contributed by atoms with E-state index in [1.165, 1.54) is 11.9 Å². The lowest BCUT2D eigenvalue weighted by Gasteiger charge is -2.38. The zero-order valence-corrected chi connectivity index (χ0v) is 18.9. The molecule has 1 aromatic carbocycles. The van der Waals surface area contributed by atoms with Crippen LogP contribution >= 0.6 is 11.6 Å². The van der Waals surface area contributed by atoms with Crippen LogP contribution < -0.4 is 0 Å². The van der Waals surface area contributed by atoms with Crippen LogP contribution in [0.3, 0.4) is 0 Å². The van der Waals surface area contributed by atoms with Crippen molar-refractivity contribution >= 4 is 29.5 Å². The maximum atomic E-state index is 13.3. The van der Waals surface area contributed by atoms with Gasteiger partial charge in [0, 0.05) is 56.0 Å². The van der Waals surface area contributed by atoms with Crippen molar-refractivity contribution in [2.45, 2.75) is 43.8 Å². The number of halogens is 2. The Labute approximate surface area is 192 Å². The molecule has 0 radical (unpaired) electrons. The number of carboxylic acid groups (broad SMARTS) is 1. The van der Waals surface area contributed by atoms with Crippen molar-refractivity contribution in [3.05, 3.63) is 34.9 Å². The quantitative estimate of drug-likeness (QED) is 0.740. The summed E-state index contributed by atoms with van der Waals surface area (Å²) in [4.78, 5) is 42.2. The summed E-state index contributed by atoms with van der Waals surface area (Å²) in [7, 11) is 1.54. The summed E-state index contributed by atoms with van der Waals surface area (Å²) >= 11 is 6.01. The number of nitrogens with zero attached hydrogens (tertiary/aromatic N) is 3. The molecule has 9 heteroatoms. The summed E-state index contributed by atoms with van der Waals surface area (Å²) in [5, 5.41) is 10.1. The molecule has 3 aliphatic rings. The molecule has 2 aliphatic heterocycles. The van der Waals surface area contributed by atoms with E-state index in [0.717, 1.165) is 5.56 Å². The minimum atomic E-state index is -1.03. The first-order valence-corrected chi connectivity index (χ1v) is 11.5. The molecule has 3 fully saturated rings. The standard InChI is InChI=1S/C23H29ClFN3O4/c1-26(23(31)32)20-13-28(12-19(20)14-2-4-17(24)5-3-14)21(29)15-6-8-27(9-7-15)22(30)16-10-18(25)11-16/h2-5,15-16,18-20H,6-13H2,1H3,(H,31,32)/t16?,18?,19-,20+/m0/s1.